The van der Waals surface area contributed by atoms with Crippen molar-refractivity contribution in [3.63, 3.8) is 0 Å². The highest BCUT2D eigenvalue weighted by Crippen LogP contribution is 2.41. The van der Waals surface area contributed by atoms with Gasteiger partial charge in [0.25, 0.3) is 0 Å². The van der Waals surface area contributed by atoms with E-state index in [1.54, 1.807) is 13.8 Å². The summed E-state index contributed by atoms with van der Waals surface area (Å²) in [5, 5.41) is 10.1. The summed E-state index contributed by atoms with van der Waals surface area (Å²) in [5.41, 5.74) is -0.288. The maximum Gasteiger partial charge on any atom is 0.401 e. The molecule has 0 aromatic carbocycles. The Morgan fingerprint density at radius 2 is 1.88 bits per heavy atom. The van der Waals surface area contributed by atoms with Gasteiger partial charge in [0.1, 0.15) is 0 Å². The highest BCUT2D eigenvalue weighted by molar-refractivity contribution is 4.97. The van der Waals surface area contributed by atoms with E-state index >= 15 is 0 Å². The van der Waals surface area contributed by atoms with Gasteiger partial charge >= 0.3 is 6.18 Å². The monoisotopic (exact) mass is 253 g/mol. The van der Waals surface area contributed by atoms with E-state index in [2.05, 4.69) is 0 Å². The first-order valence-corrected chi connectivity index (χ1v) is 6.05. The van der Waals surface area contributed by atoms with E-state index < -0.39 is 18.8 Å². The van der Waals surface area contributed by atoms with Crippen LogP contribution in [0.4, 0.5) is 13.2 Å². The summed E-state index contributed by atoms with van der Waals surface area (Å²) in [6, 6.07) is -0.600. The van der Waals surface area contributed by atoms with Crippen LogP contribution in [0.3, 0.4) is 0 Å². The van der Waals surface area contributed by atoms with Crippen molar-refractivity contribution in [2.45, 2.75) is 64.9 Å². The fourth-order valence-corrected chi connectivity index (χ4v) is 2.58. The summed E-state index contributed by atoms with van der Waals surface area (Å²) >= 11 is 0. The number of hydrogen-bond acceptors (Lipinski definition) is 2. The first kappa shape index (κ1) is 14.8. The van der Waals surface area contributed by atoms with Crippen LogP contribution in [0.1, 0.15) is 40.5 Å². The molecule has 1 N–H and O–H groups in total. The minimum Gasteiger partial charge on any atom is -0.391 e. The van der Waals surface area contributed by atoms with Gasteiger partial charge in [-0.25, -0.2) is 0 Å². The number of halogens is 3. The van der Waals surface area contributed by atoms with Crippen molar-refractivity contribution < 1.29 is 18.3 Å². The number of hydrogen-bond donors (Lipinski definition) is 1. The molecule has 0 saturated heterocycles. The Morgan fingerprint density at radius 1 is 1.35 bits per heavy atom. The molecule has 0 radical (unpaired) electrons. The molecule has 5 heteroatoms. The van der Waals surface area contributed by atoms with Crippen molar-refractivity contribution in [3.8, 4) is 0 Å². The van der Waals surface area contributed by atoms with Crippen LogP contribution in [0, 0.1) is 5.41 Å². The maximum absolute atomic E-state index is 12.5. The summed E-state index contributed by atoms with van der Waals surface area (Å²) in [5.74, 6) is 0. The lowest BCUT2D eigenvalue weighted by Gasteiger charge is -2.37. The Kier molecular flexibility index (Phi) is 4.14. The average Bonchev–Trinajstić information content (AvgIpc) is 2.37. The van der Waals surface area contributed by atoms with Crippen LogP contribution in [-0.2, 0) is 0 Å². The molecule has 1 fully saturated rings. The zero-order valence-electron chi connectivity index (χ0n) is 10.9. The lowest BCUT2D eigenvalue weighted by Crippen LogP contribution is -2.50. The van der Waals surface area contributed by atoms with E-state index in [0.717, 1.165) is 6.42 Å². The molecule has 0 aromatic heterocycles. The zero-order chi connectivity index (χ0) is 13.4. The van der Waals surface area contributed by atoms with Gasteiger partial charge in [-0.05, 0) is 32.1 Å². The second kappa shape index (κ2) is 4.76. The lowest BCUT2D eigenvalue weighted by molar-refractivity contribution is -0.160. The fraction of sp³-hybridized carbons (Fsp3) is 1.00. The molecule has 2 atom stereocenters. The highest BCUT2D eigenvalue weighted by Gasteiger charge is 2.46. The second-order valence-corrected chi connectivity index (χ2v) is 5.92. The molecule has 0 spiro atoms. The smallest absolute Gasteiger partial charge is 0.391 e. The normalized spacial score (nSPS) is 29.3. The molecule has 0 aliphatic heterocycles. The molecule has 102 valence electrons. The Labute approximate surface area is 101 Å². The molecule has 0 heterocycles. The number of nitrogens with zero attached hydrogens (tertiary/aromatic N) is 1. The lowest BCUT2D eigenvalue weighted by atomic mass is 9.88. The molecule has 0 aromatic rings. The van der Waals surface area contributed by atoms with E-state index in [4.69, 9.17) is 0 Å². The molecule has 1 saturated carbocycles. The van der Waals surface area contributed by atoms with Crippen LogP contribution < -0.4 is 0 Å². The molecule has 0 amide bonds. The predicted octanol–water partition coefficient (Wildman–Crippen LogP) is 2.81. The van der Waals surface area contributed by atoms with Crippen molar-refractivity contribution in [2.24, 2.45) is 5.41 Å². The van der Waals surface area contributed by atoms with Gasteiger partial charge in [-0.2, -0.15) is 13.2 Å². The summed E-state index contributed by atoms with van der Waals surface area (Å²) in [7, 11) is 0. The molecular weight excluding hydrogens is 231 g/mol. The van der Waals surface area contributed by atoms with Crippen LogP contribution in [0.15, 0.2) is 0 Å². The summed E-state index contributed by atoms with van der Waals surface area (Å²) in [6.07, 6.45) is -3.51. The van der Waals surface area contributed by atoms with E-state index in [1.807, 2.05) is 13.8 Å². The molecule has 17 heavy (non-hydrogen) atoms. The Morgan fingerprint density at radius 3 is 2.18 bits per heavy atom. The Bertz CT molecular complexity index is 263. The summed E-state index contributed by atoms with van der Waals surface area (Å²) < 4.78 is 37.5. The molecule has 0 bridgehead atoms. The van der Waals surface area contributed by atoms with E-state index in [-0.39, 0.29) is 17.5 Å². The number of aliphatic hydroxyl groups is 1. The van der Waals surface area contributed by atoms with E-state index in [9.17, 15) is 18.3 Å². The first-order valence-electron chi connectivity index (χ1n) is 6.05. The standard InChI is InChI=1S/C12H22F3NO/c1-8(2)16(7-12(13,14)15)9-5-6-11(3,4)10(9)17/h8-10,17H,5-7H2,1-4H3. The van der Waals surface area contributed by atoms with Crippen molar-refractivity contribution in [3.05, 3.63) is 0 Å². The van der Waals surface area contributed by atoms with Crippen molar-refractivity contribution in [2.75, 3.05) is 6.54 Å². The van der Waals surface area contributed by atoms with Crippen LogP contribution in [0.2, 0.25) is 0 Å². The van der Waals surface area contributed by atoms with Gasteiger partial charge in [0.05, 0.1) is 12.6 Å². The minimum absolute atomic E-state index is 0.217. The van der Waals surface area contributed by atoms with Crippen molar-refractivity contribution in [1.82, 2.24) is 4.90 Å². The molecule has 1 rings (SSSR count). The topological polar surface area (TPSA) is 23.5 Å². The first-order chi connectivity index (χ1) is 7.54. The minimum atomic E-state index is -4.21. The van der Waals surface area contributed by atoms with Crippen LogP contribution >= 0.6 is 0 Å². The summed E-state index contributed by atoms with van der Waals surface area (Å²) in [4.78, 5) is 1.37. The van der Waals surface area contributed by atoms with Gasteiger partial charge in [-0.15, -0.1) is 0 Å². The quantitative estimate of drug-likeness (QED) is 0.836. The third-order valence-corrected chi connectivity index (χ3v) is 3.70. The van der Waals surface area contributed by atoms with Gasteiger partial charge in [-0.1, -0.05) is 13.8 Å². The van der Waals surface area contributed by atoms with Gasteiger partial charge in [0.2, 0.25) is 0 Å². The predicted molar refractivity (Wildman–Crippen MR) is 60.7 cm³/mol. The zero-order valence-corrected chi connectivity index (χ0v) is 10.9. The summed E-state index contributed by atoms with van der Waals surface area (Å²) in [6.45, 7) is 6.35. The third kappa shape index (κ3) is 3.58. The van der Waals surface area contributed by atoms with Gasteiger partial charge in [0, 0.05) is 12.1 Å². The van der Waals surface area contributed by atoms with E-state index in [0.29, 0.717) is 6.42 Å². The van der Waals surface area contributed by atoms with E-state index in [1.165, 1.54) is 4.90 Å². The van der Waals surface area contributed by atoms with Crippen molar-refractivity contribution >= 4 is 0 Å². The maximum atomic E-state index is 12.5. The van der Waals surface area contributed by atoms with Gasteiger partial charge in [-0.3, -0.25) is 4.90 Å². The SMILES string of the molecule is CC(C)N(CC(F)(F)F)C1CCC(C)(C)C1O. The largest absolute Gasteiger partial charge is 0.401 e. The molecule has 2 nitrogen and oxygen atoms in total. The highest BCUT2D eigenvalue weighted by atomic mass is 19.4. The third-order valence-electron chi connectivity index (χ3n) is 3.70. The molecule has 1 aliphatic rings. The Hall–Kier alpha value is -0.290. The number of alkyl halides is 3. The van der Waals surface area contributed by atoms with Gasteiger partial charge in [0.15, 0.2) is 0 Å². The van der Waals surface area contributed by atoms with Gasteiger partial charge < -0.3 is 5.11 Å². The number of rotatable bonds is 3. The second-order valence-electron chi connectivity index (χ2n) is 5.92. The molecule has 2 unspecified atom stereocenters. The van der Waals surface area contributed by atoms with Crippen LogP contribution in [0.25, 0.3) is 0 Å². The number of aliphatic hydroxyl groups excluding tert-OH is 1. The molecular formula is C12H22F3NO. The fourth-order valence-electron chi connectivity index (χ4n) is 2.58. The van der Waals surface area contributed by atoms with Crippen molar-refractivity contribution in [1.29, 1.82) is 0 Å². The molecule has 1 aliphatic carbocycles. The Balaban J connectivity index is 2.80. The average molecular weight is 253 g/mol. The van der Waals surface area contributed by atoms with Crippen LogP contribution in [-0.4, -0.2) is 40.9 Å². The van der Waals surface area contributed by atoms with Crippen LogP contribution in [0.5, 0.6) is 0 Å².